The van der Waals surface area contributed by atoms with E-state index in [9.17, 15) is 13.2 Å². The zero-order chi connectivity index (χ0) is 17.4. The summed E-state index contributed by atoms with van der Waals surface area (Å²) >= 11 is 1.81. The van der Waals surface area contributed by atoms with E-state index in [0.717, 1.165) is 12.3 Å². The van der Waals surface area contributed by atoms with Crippen LogP contribution in [0.3, 0.4) is 0 Å². The topological polar surface area (TPSA) is 57.7 Å². The molecule has 2 aliphatic rings. The molecule has 132 valence electrons. The SMILES string of the molecule is CC(C)C(=O)N1CCSC12CCN(S(=O)(=O)c1ccccc1)CC2. The Bertz CT molecular complexity index is 696. The summed E-state index contributed by atoms with van der Waals surface area (Å²) in [7, 11) is -3.44. The van der Waals surface area contributed by atoms with Crippen LogP contribution in [-0.2, 0) is 14.8 Å². The highest BCUT2D eigenvalue weighted by Crippen LogP contribution is 2.45. The highest BCUT2D eigenvalue weighted by molar-refractivity contribution is 8.00. The summed E-state index contributed by atoms with van der Waals surface area (Å²) in [5.74, 6) is 1.09. The lowest BCUT2D eigenvalue weighted by Gasteiger charge is -2.44. The number of benzene rings is 1. The number of sulfonamides is 1. The Labute approximate surface area is 148 Å². The van der Waals surface area contributed by atoms with E-state index in [0.29, 0.717) is 30.8 Å². The largest absolute Gasteiger partial charge is 0.327 e. The summed E-state index contributed by atoms with van der Waals surface area (Å²) in [6, 6.07) is 8.58. The number of carbonyl (C=O) groups is 1. The summed E-state index contributed by atoms with van der Waals surface area (Å²) in [6.45, 7) is 5.55. The lowest BCUT2D eigenvalue weighted by atomic mass is 10.0. The molecule has 7 heteroatoms. The van der Waals surface area contributed by atoms with Crippen molar-refractivity contribution in [2.24, 2.45) is 5.92 Å². The maximum Gasteiger partial charge on any atom is 0.243 e. The monoisotopic (exact) mass is 368 g/mol. The minimum Gasteiger partial charge on any atom is -0.327 e. The van der Waals surface area contributed by atoms with Crippen LogP contribution in [0.15, 0.2) is 35.2 Å². The molecule has 1 spiro atoms. The highest BCUT2D eigenvalue weighted by Gasteiger charge is 2.48. The van der Waals surface area contributed by atoms with E-state index in [-0.39, 0.29) is 16.7 Å². The fourth-order valence-electron chi connectivity index (χ4n) is 3.46. The van der Waals surface area contributed by atoms with Crippen molar-refractivity contribution in [1.82, 2.24) is 9.21 Å². The van der Waals surface area contributed by atoms with Crippen molar-refractivity contribution in [3.63, 3.8) is 0 Å². The number of thioether (sulfide) groups is 1. The second-order valence-electron chi connectivity index (χ2n) is 6.66. The van der Waals surface area contributed by atoms with E-state index < -0.39 is 10.0 Å². The molecule has 1 amide bonds. The molecule has 0 atom stereocenters. The molecule has 2 heterocycles. The van der Waals surface area contributed by atoms with Crippen LogP contribution in [0.2, 0.25) is 0 Å². The predicted molar refractivity (Wildman–Crippen MR) is 96.2 cm³/mol. The number of nitrogens with zero attached hydrogens (tertiary/aromatic N) is 2. The second kappa shape index (κ2) is 6.69. The van der Waals surface area contributed by atoms with Crippen LogP contribution >= 0.6 is 11.8 Å². The average molecular weight is 369 g/mol. The first-order valence-corrected chi connectivity index (χ1v) is 10.8. The van der Waals surface area contributed by atoms with Crippen LogP contribution in [0.4, 0.5) is 0 Å². The van der Waals surface area contributed by atoms with Crippen LogP contribution in [0.1, 0.15) is 26.7 Å². The Morgan fingerprint density at radius 3 is 2.33 bits per heavy atom. The van der Waals surface area contributed by atoms with Gasteiger partial charge in [-0.05, 0) is 25.0 Å². The fraction of sp³-hybridized carbons (Fsp3) is 0.588. The van der Waals surface area contributed by atoms with Crippen molar-refractivity contribution in [2.75, 3.05) is 25.4 Å². The van der Waals surface area contributed by atoms with E-state index in [2.05, 4.69) is 0 Å². The molecule has 0 aliphatic carbocycles. The van der Waals surface area contributed by atoms with Gasteiger partial charge in [-0.2, -0.15) is 4.31 Å². The first-order chi connectivity index (χ1) is 11.4. The van der Waals surface area contributed by atoms with Crippen LogP contribution in [0, 0.1) is 5.92 Å². The van der Waals surface area contributed by atoms with Crippen molar-refractivity contribution >= 4 is 27.7 Å². The van der Waals surface area contributed by atoms with E-state index in [1.165, 1.54) is 0 Å². The molecule has 0 saturated carbocycles. The maximum atomic E-state index is 12.8. The number of hydrogen-bond donors (Lipinski definition) is 0. The number of carbonyl (C=O) groups excluding carboxylic acids is 1. The van der Waals surface area contributed by atoms with Crippen LogP contribution in [0.5, 0.6) is 0 Å². The van der Waals surface area contributed by atoms with E-state index in [1.807, 2.05) is 36.6 Å². The fourth-order valence-corrected chi connectivity index (χ4v) is 6.39. The molecule has 2 aliphatic heterocycles. The van der Waals surface area contributed by atoms with Gasteiger partial charge < -0.3 is 4.90 Å². The lowest BCUT2D eigenvalue weighted by Crippen LogP contribution is -2.54. The molecular formula is C17H24N2O3S2. The Kier molecular flexibility index (Phi) is 4.95. The molecule has 2 fully saturated rings. The predicted octanol–water partition coefficient (Wildman–Crippen LogP) is 2.40. The minimum atomic E-state index is -3.44. The van der Waals surface area contributed by atoms with Gasteiger partial charge in [0.1, 0.15) is 0 Å². The first kappa shape index (κ1) is 17.8. The molecule has 0 N–H and O–H groups in total. The third-order valence-corrected chi connectivity index (χ3v) is 8.29. The van der Waals surface area contributed by atoms with Gasteiger partial charge >= 0.3 is 0 Å². The summed E-state index contributed by atoms with van der Waals surface area (Å²) in [6.07, 6.45) is 1.39. The third kappa shape index (κ3) is 3.09. The van der Waals surface area contributed by atoms with Crippen molar-refractivity contribution in [2.45, 2.75) is 36.5 Å². The quantitative estimate of drug-likeness (QED) is 0.822. The molecule has 24 heavy (non-hydrogen) atoms. The molecule has 0 unspecified atom stereocenters. The van der Waals surface area contributed by atoms with Crippen molar-refractivity contribution < 1.29 is 13.2 Å². The Hall–Kier alpha value is -1.05. The van der Waals surface area contributed by atoms with E-state index in [4.69, 9.17) is 0 Å². The third-order valence-electron chi connectivity index (χ3n) is 4.82. The van der Waals surface area contributed by atoms with Gasteiger partial charge in [-0.3, -0.25) is 4.79 Å². The van der Waals surface area contributed by atoms with E-state index in [1.54, 1.807) is 28.6 Å². The van der Waals surface area contributed by atoms with Gasteiger partial charge in [0.2, 0.25) is 15.9 Å². The van der Waals surface area contributed by atoms with Gasteiger partial charge in [0, 0.05) is 31.3 Å². The van der Waals surface area contributed by atoms with E-state index >= 15 is 0 Å². The summed E-state index contributed by atoms with van der Waals surface area (Å²) in [4.78, 5) is 14.6. The molecule has 2 saturated heterocycles. The minimum absolute atomic E-state index is 0.0216. The molecule has 3 rings (SSSR count). The highest BCUT2D eigenvalue weighted by atomic mass is 32.2. The molecule has 0 radical (unpaired) electrons. The lowest BCUT2D eigenvalue weighted by molar-refractivity contribution is -0.137. The summed E-state index contributed by atoms with van der Waals surface area (Å²) in [5.41, 5.74) is 0. The Morgan fingerprint density at radius 1 is 1.12 bits per heavy atom. The second-order valence-corrected chi connectivity index (χ2v) is 10.1. The molecule has 5 nitrogen and oxygen atoms in total. The number of hydrogen-bond acceptors (Lipinski definition) is 4. The smallest absolute Gasteiger partial charge is 0.243 e. The van der Waals surface area contributed by atoms with Gasteiger partial charge in [-0.1, -0.05) is 32.0 Å². The Morgan fingerprint density at radius 2 is 1.75 bits per heavy atom. The standard InChI is InChI=1S/C17H24N2O3S2/c1-14(2)16(20)19-12-13-23-17(19)8-10-18(11-9-17)24(21,22)15-6-4-3-5-7-15/h3-7,14H,8-13H2,1-2H3. The molecular weight excluding hydrogens is 344 g/mol. The summed E-state index contributed by atoms with van der Waals surface area (Å²) in [5, 5.41) is 0. The van der Waals surface area contributed by atoms with Gasteiger partial charge in [0.05, 0.1) is 9.77 Å². The molecule has 1 aromatic carbocycles. The van der Waals surface area contributed by atoms with Gasteiger partial charge in [-0.15, -0.1) is 11.8 Å². The van der Waals surface area contributed by atoms with Crippen molar-refractivity contribution in [3.05, 3.63) is 30.3 Å². The number of rotatable bonds is 3. The van der Waals surface area contributed by atoms with Crippen molar-refractivity contribution in [3.8, 4) is 0 Å². The van der Waals surface area contributed by atoms with Crippen LogP contribution < -0.4 is 0 Å². The average Bonchev–Trinajstić information content (AvgIpc) is 2.98. The zero-order valence-electron chi connectivity index (χ0n) is 14.1. The zero-order valence-corrected chi connectivity index (χ0v) is 15.8. The molecule has 0 bridgehead atoms. The van der Waals surface area contributed by atoms with Crippen LogP contribution in [-0.4, -0.2) is 53.8 Å². The molecule has 0 aromatic heterocycles. The summed E-state index contributed by atoms with van der Waals surface area (Å²) < 4.78 is 27.1. The van der Waals surface area contributed by atoms with Gasteiger partial charge in [0.25, 0.3) is 0 Å². The Balaban J connectivity index is 1.75. The molecule has 1 aromatic rings. The normalized spacial score (nSPS) is 21.5. The number of piperidine rings is 1. The maximum absolute atomic E-state index is 12.8. The van der Waals surface area contributed by atoms with Crippen LogP contribution in [0.25, 0.3) is 0 Å². The number of amides is 1. The van der Waals surface area contributed by atoms with Gasteiger partial charge in [-0.25, -0.2) is 8.42 Å². The first-order valence-electron chi connectivity index (χ1n) is 8.37. The van der Waals surface area contributed by atoms with Gasteiger partial charge in [0.15, 0.2) is 0 Å². The van der Waals surface area contributed by atoms with Crippen molar-refractivity contribution in [1.29, 1.82) is 0 Å².